The third-order valence-corrected chi connectivity index (χ3v) is 5.20. The average molecular weight is 437 g/mol. The van der Waals surface area contributed by atoms with Crippen LogP contribution >= 0.6 is 0 Å². The zero-order chi connectivity index (χ0) is 22.7. The van der Waals surface area contributed by atoms with Crippen molar-refractivity contribution in [3.05, 3.63) is 17.7 Å². The first kappa shape index (κ1) is 27.1. The summed E-state index contributed by atoms with van der Waals surface area (Å²) in [6.07, 6.45) is 13.5. The quantitative estimate of drug-likeness (QED) is 0.168. The topological polar surface area (TPSA) is 54.0 Å². The molecule has 0 aliphatic carbocycles. The molecule has 0 amide bonds. The zero-order valence-corrected chi connectivity index (χ0v) is 20.3. The van der Waals surface area contributed by atoms with Gasteiger partial charge in [0.1, 0.15) is 0 Å². The Kier molecular flexibility index (Phi) is 15.5. The van der Waals surface area contributed by atoms with Gasteiger partial charge in [-0.3, -0.25) is 0 Å². The van der Waals surface area contributed by atoms with Crippen LogP contribution in [-0.2, 0) is 4.74 Å². The van der Waals surface area contributed by atoms with Crippen LogP contribution < -0.4 is 14.2 Å². The van der Waals surface area contributed by atoms with E-state index < -0.39 is 5.97 Å². The highest BCUT2D eigenvalue weighted by molar-refractivity contribution is 5.91. The van der Waals surface area contributed by atoms with E-state index >= 15 is 0 Å². The van der Waals surface area contributed by atoms with Crippen molar-refractivity contribution in [1.29, 1.82) is 0 Å². The Bertz CT molecular complexity index is 564. The summed E-state index contributed by atoms with van der Waals surface area (Å²) >= 11 is 0. The molecule has 0 unspecified atom stereocenters. The number of hydrogen-bond donors (Lipinski definition) is 0. The molecule has 0 radical (unpaired) electrons. The lowest BCUT2D eigenvalue weighted by molar-refractivity contribution is 0.0599. The van der Waals surface area contributed by atoms with Crippen molar-refractivity contribution in [3.63, 3.8) is 0 Å². The molecule has 0 bridgehead atoms. The Morgan fingerprint density at radius 3 is 1.45 bits per heavy atom. The summed E-state index contributed by atoms with van der Waals surface area (Å²) in [6, 6.07) is 3.44. The molecule has 0 aliphatic rings. The maximum atomic E-state index is 12.2. The first-order chi connectivity index (χ1) is 15.2. The van der Waals surface area contributed by atoms with E-state index in [-0.39, 0.29) is 0 Å². The number of carbonyl (C=O) groups excluding carboxylic acids is 1. The normalized spacial score (nSPS) is 10.7. The Hall–Kier alpha value is -1.91. The Balaban J connectivity index is 2.98. The molecule has 31 heavy (non-hydrogen) atoms. The second kappa shape index (κ2) is 17.7. The molecule has 0 spiro atoms. The third kappa shape index (κ3) is 11.3. The molecule has 0 atom stereocenters. The molecular formula is C26H44O5. The van der Waals surface area contributed by atoms with Crippen molar-refractivity contribution >= 4 is 5.97 Å². The third-order valence-electron chi connectivity index (χ3n) is 5.20. The van der Waals surface area contributed by atoms with Crippen LogP contribution in [0.3, 0.4) is 0 Å². The van der Waals surface area contributed by atoms with Gasteiger partial charge in [-0.15, -0.1) is 0 Å². The van der Waals surface area contributed by atoms with E-state index in [9.17, 15) is 4.79 Å². The van der Waals surface area contributed by atoms with Crippen LogP contribution in [0.2, 0.25) is 0 Å². The van der Waals surface area contributed by atoms with Gasteiger partial charge in [-0.1, -0.05) is 78.6 Å². The number of rotatable bonds is 19. The van der Waals surface area contributed by atoms with E-state index in [0.29, 0.717) is 42.6 Å². The molecule has 0 aromatic heterocycles. The Morgan fingerprint density at radius 2 is 1.06 bits per heavy atom. The second-order valence-corrected chi connectivity index (χ2v) is 8.02. The molecule has 1 aromatic rings. The highest BCUT2D eigenvalue weighted by Crippen LogP contribution is 2.39. The first-order valence-corrected chi connectivity index (χ1v) is 12.3. The van der Waals surface area contributed by atoms with E-state index in [4.69, 9.17) is 18.9 Å². The van der Waals surface area contributed by atoms with Gasteiger partial charge in [0.15, 0.2) is 11.5 Å². The van der Waals surface area contributed by atoms with E-state index in [1.807, 2.05) is 0 Å². The standard InChI is InChI=1S/C26H44O5/c1-5-8-11-14-17-29-23-20-22(26(27)28-4)21-24(30-18-15-12-9-6-2)25(23)31-19-16-13-10-7-3/h20-21H,5-19H2,1-4H3. The Morgan fingerprint density at radius 1 is 0.645 bits per heavy atom. The zero-order valence-electron chi connectivity index (χ0n) is 20.3. The highest BCUT2D eigenvalue weighted by Gasteiger charge is 2.19. The summed E-state index contributed by atoms with van der Waals surface area (Å²) < 4.78 is 23.2. The lowest BCUT2D eigenvalue weighted by Crippen LogP contribution is -2.09. The van der Waals surface area contributed by atoms with Crippen molar-refractivity contribution < 1.29 is 23.7 Å². The van der Waals surface area contributed by atoms with Gasteiger partial charge in [0.25, 0.3) is 0 Å². The summed E-state index contributed by atoms with van der Waals surface area (Å²) in [4.78, 5) is 12.2. The number of unbranched alkanes of at least 4 members (excludes halogenated alkanes) is 9. The van der Waals surface area contributed by atoms with Crippen molar-refractivity contribution in [1.82, 2.24) is 0 Å². The van der Waals surface area contributed by atoms with E-state index in [1.165, 1.54) is 45.6 Å². The smallest absolute Gasteiger partial charge is 0.338 e. The molecule has 5 heteroatoms. The lowest BCUT2D eigenvalue weighted by Gasteiger charge is -2.18. The number of carbonyl (C=O) groups is 1. The van der Waals surface area contributed by atoms with Gasteiger partial charge < -0.3 is 18.9 Å². The largest absolute Gasteiger partial charge is 0.490 e. The highest BCUT2D eigenvalue weighted by atomic mass is 16.5. The fraction of sp³-hybridized carbons (Fsp3) is 0.731. The average Bonchev–Trinajstić information content (AvgIpc) is 2.78. The van der Waals surface area contributed by atoms with Crippen LogP contribution in [0.1, 0.15) is 108 Å². The molecule has 0 heterocycles. The van der Waals surface area contributed by atoms with Gasteiger partial charge in [0.2, 0.25) is 5.75 Å². The second-order valence-electron chi connectivity index (χ2n) is 8.02. The minimum Gasteiger partial charge on any atom is -0.490 e. The number of ether oxygens (including phenoxy) is 4. The molecule has 1 aromatic carbocycles. The molecule has 0 saturated carbocycles. The monoisotopic (exact) mass is 436 g/mol. The summed E-state index contributed by atoms with van der Waals surface area (Å²) in [6.45, 7) is 8.36. The minimum atomic E-state index is -0.402. The van der Waals surface area contributed by atoms with Crippen LogP contribution in [0.15, 0.2) is 12.1 Å². The maximum absolute atomic E-state index is 12.2. The summed E-state index contributed by atoms with van der Waals surface area (Å²) in [5, 5.41) is 0. The summed E-state index contributed by atoms with van der Waals surface area (Å²) in [5.74, 6) is 1.34. The van der Waals surface area contributed by atoms with Gasteiger partial charge in [-0.2, -0.15) is 0 Å². The lowest BCUT2D eigenvalue weighted by atomic mass is 10.1. The predicted molar refractivity (Wildman–Crippen MR) is 127 cm³/mol. The van der Waals surface area contributed by atoms with Crippen LogP contribution in [-0.4, -0.2) is 32.9 Å². The predicted octanol–water partition coefficient (Wildman–Crippen LogP) is 7.35. The van der Waals surface area contributed by atoms with Gasteiger partial charge in [0.05, 0.1) is 32.5 Å². The molecule has 178 valence electrons. The molecule has 0 fully saturated rings. The number of hydrogen-bond acceptors (Lipinski definition) is 5. The van der Waals surface area contributed by atoms with Crippen LogP contribution in [0, 0.1) is 0 Å². The summed E-state index contributed by atoms with van der Waals surface area (Å²) in [5.41, 5.74) is 0.424. The van der Waals surface area contributed by atoms with Gasteiger partial charge in [0, 0.05) is 0 Å². The molecule has 5 nitrogen and oxygen atoms in total. The fourth-order valence-electron chi connectivity index (χ4n) is 3.29. The van der Waals surface area contributed by atoms with Gasteiger partial charge >= 0.3 is 5.97 Å². The van der Waals surface area contributed by atoms with Crippen LogP contribution in [0.5, 0.6) is 17.2 Å². The fourth-order valence-corrected chi connectivity index (χ4v) is 3.29. The van der Waals surface area contributed by atoms with Crippen molar-refractivity contribution in [2.75, 3.05) is 26.9 Å². The van der Waals surface area contributed by atoms with Gasteiger partial charge in [-0.25, -0.2) is 4.79 Å². The van der Waals surface area contributed by atoms with E-state index in [0.717, 1.165) is 38.5 Å². The van der Waals surface area contributed by atoms with Crippen molar-refractivity contribution in [3.8, 4) is 17.2 Å². The summed E-state index contributed by atoms with van der Waals surface area (Å²) in [7, 11) is 1.39. The minimum absolute atomic E-state index is 0.402. The van der Waals surface area contributed by atoms with Crippen molar-refractivity contribution in [2.24, 2.45) is 0 Å². The molecular weight excluding hydrogens is 392 g/mol. The molecule has 0 aliphatic heterocycles. The van der Waals surface area contributed by atoms with Gasteiger partial charge in [-0.05, 0) is 31.4 Å². The Labute approximate surface area is 189 Å². The molecule has 0 saturated heterocycles. The SMILES string of the molecule is CCCCCCOc1cc(C(=O)OC)cc(OCCCCCC)c1OCCCCCC. The maximum Gasteiger partial charge on any atom is 0.338 e. The van der Waals surface area contributed by atoms with E-state index in [1.54, 1.807) is 12.1 Å². The number of esters is 1. The molecule has 1 rings (SSSR count). The number of methoxy groups -OCH3 is 1. The number of benzene rings is 1. The molecule has 0 N–H and O–H groups in total. The van der Waals surface area contributed by atoms with E-state index in [2.05, 4.69) is 20.8 Å². The van der Waals surface area contributed by atoms with Crippen molar-refractivity contribution in [2.45, 2.75) is 97.8 Å². The van der Waals surface area contributed by atoms with Crippen LogP contribution in [0.25, 0.3) is 0 Å². The van der Waals surface area contributed by atoms with Crippen LogP contribution in [0.4, 0.5) is 0 Å². The first-order valence-electron chi connectivity index (χ1n) is 12.3.